The van der Waals surface area contributed by atoms with E-state index in [1.54, 1.807) is 0 Å². The zero-order valence-electron chi connectivity index (χ0n) is 12.9. The van der Waals surface area contributed by atoms with Crippen LogP contribution in [0.15, 0.2) is 24.3 Å². The molecule has 0 spiro atoms. The summed E-state index contributed by atoms with van der Waals surface area (Å²) in [4.78, 5) is 12.0. The van der Waals surface area contributed by atoms with Gasteiger partial charge in [0.1, 0.15) is 0 Å². The molecule has 0 fully saturated rings. The van der Waals surface area contributed by atoms with Gasteiger partial charge in [-0.1, -0.05) is 76.1 Å². The quantitative estimate of drug-likeness (QED) is 0.463. The van der Waals surface area contributed by atoms with Gasteiger partial charge in [0.25, 0.3) is 0 Å². The summed E-state index contributed by atoms with van der Waals surface area (Å²) < 4.78 is 0. The van der Waals surface area contributed by atoms with Crippen LogP contribution in [0.25, 0.3) is 0 Å². The lowest BCUT2D eigenvalue weighted by Gasteiger charge is -2.03. The Morgan fingerprint density at radius 3 is 2.00 bits per heavy atom. The number of benzene rings is 1. The molecule has 0 aromatic heterocycles. The average molecular weight is 275 g/mol. The molecule has 0 amide bonds. The van der Waals surface area contributed by atoms with Gasteiger partial charge in [0.05, 0.1) is 0 Å². The molecule has 1 rings (SSSR count). The van der Waals surface area contributed by atoms with Crippen molar-refractivity contribution in [2.24, 2.45) is 5.73 Å². The van der Waals surface area contributed by atoms with Gasteiger partial charge in [-0.25, -0.2) is 0 Å². The lowest BCUT2D eigenvalue weighted by atomic mass is 10.0. The van der Waals surface area contributed by atoms with Crippen molar-refractivity contribution in [1.82, 2.24) is 0 Å². The SMILES string of the molecule is CCCCCCCCCCC(=O)c1ccc(CN)cc1. The highest BCUT2D eigenvalue weighted by Gasteiger charge is 2.05. The van der Waals surface area contributed by atoms with Gasteiger partial charge in [0, 0.05) is 18.5 Å². The van der Waals surface area contributed by atoms with Crippen molar-refractivity contribution in [2.75, 3.05) is 0 Å². The predicted molar refractivity (Wildman–Crippen MR) is 85.9 cm³/mol. The molecule has 0 bridgehead atoms. The van der Waals surface area contributed by atoms with Crippen molar-refractivity contribution in [1.29, 1.82) is 0 Å². The minimum absolute atomic E-state index is 0.263. The second-order valence-corrected chi connectivity index (χ2v) is 5.55. The molecule has 1 aromatic carbocycles. The van der Waals surface area contributed by atoms with Crippen LogP contribution in [0.1, 0.15) is 80.6 Å². The Kier molecular flexibility index (Phi) is 8.97. The summed E-state index contributed by atoms with van der Waals surface area (Å²) >= 11 is 0. The number of nitrogens with two attached hydrogens (primary N) is 1. The first-order valence-electron chi connectivity index (χ1n) is 8.10. The van der Waals surface area contributed by atoms with Gasteiger partial charge in [0.2, 0.25) is 0 Å². The molecule has 0 heterocycles. The van der Waals surface area contributed by atoms with Crippen molar-refractivity contribution in [3.05, 3.63) is 35.4 Å². The van der Waals surface area contributed by atoms with E-state index in [4.69, 9.17) is 5.73 Å². The molecule has 0 radical (unpaired) electrons. The largest absolute Gasteiger partial charge is 0.326 e. The monoisotopic (exact) mass is 275 g/mol. The fourth-order valence-electron chi connectivity index (χ4n) is 2.39. The zero-order valence-corrected chi connectivity index (χ0v) is 12.9. The van der Waals surface area contributed by atoms with Crippen molar-refractivity contribution in [3.8, 4) is 0 Å². The second kappa shape index (κ2) is 10.6. The van der Waals surface area contributed by atoms with Gasteiger partial charge in [-0.15, -0.1) is 0 Å². The van der Waals surface area contributed by atoms with Crippen LogP contribution in [0.2, 0.25) is 0 Å². The third-order valence-corrected chi connectivity index (χ3v) is 3.77. The predicted octanol–water partition coefficient (Wildman–Crippen LogP) is 4.86. The van der Waals surface area contributed by atoms with Crippen LogP contribution < -0.4 is 5.73 Å². The van der Waals surface area contributed by atoms with Gasteiger partial charge >= 0.3 is 0 Å². The molecule has 0 aliphatic rings. The van der Waals surface area contributed by atoms with E-state index in [0.29, 0.717) is 13.0 Å². The normalized spacial score (nSPS) is 10.7. The fourth-order valence-corrected chi connectivity index (χ4v) is 2.39. The molecule has 0 saturated heterocycles. The minimum Gasteiger partial charge on any atom is -0.326 e. The first kappa shape index (κ1) is 16.9. The Labute approximate surface area is 123 Å². The molecule has 0 atom stereocenters. The second-order valence-electron chi connectivity index (χ2n) is 5.55. The fraction of sp³-hybridized carbons (Fsp3) is 0.611. The summed E-state index contributed by atoms with van der Waals surface area (Å²) in [5, 5.41) is 0. The smallest absolute Gasteiger partial charge is 0.162 e. The van der Waals surface area contributed by atoms with Crippen LogP contribution in [0, 0.1) is 0 Å². The van der Waals surface area contributed by atoms with Gasteiger partial charge in [0.15, 0.2) is 5.78 Å². The summed E-state index contributed by atoms with van der Waals surface area (Å²) in [7, 11) is 0. The summed E-state index contributed by atoms with van der Waals surface area (Å²) in [5.74, 6) is 0.263. The highest BCUT2D eigenvalue weighted by Crippen LogP contribution is 2.12. The number of carbonyl (C=O) groups is 1. The third kappa shape index (κ3) is 6.85. The van der Waals surface area contributed by atoms with E-state index >= 15 is 0 Å². The molecule has 0 saturated carbocycles. The first-order valence-corrected chi connectivity index (χ1v) is 8.10. The van der Waals surface area contributed by atoms with Crippen molar-refractivity contribution in [3.63, 3.8) is 0 Å². The third-order valence-electron chi connectivity index (χ3n) is 3.77. The summed E-state index contributed by atoms with van der Waals surface area (Å²) in [5.41, 5.74) is 7.45. The Bertz CT molecular complexity index is 370. The van der Waals surface area contributed by atoms with Gasteiger partial charge < -0.3 is 5.73 Å². The molecule has 20 heavy (non-hydrogen) atoms. The molecular weight excluding hydrogens is 246 g/mol. The Balaban J connectivity index is 2.10. The highest BCUT2D eigenvalue weighted by molar-refractivity contribution is 5.96. The number of hydrogen-bond acceptors (Lipinski definition) is 2. The Morgan fingerprint density at radius 1 is 0.900 bits per heavy atom. The number of Topliss-reactive ketones (excluding diaryl/α,β-unsaturated/α-hetero) is 1. The number of unbranched alkanes of at least 4 members (excludes halogenated alkanes) is 7. The number of rotatable bonds is 11. The maximum absolute atomic E-state index is 12.0. The molecule has 2 N–H and O–H groups in total. The molecule has 0 aliphatic carbocycles. The van der Waals surface area contributed by atoms with E-state index in [-0.39, 0.29) is 5.78 Å². The van der Waals surface area contributed by atoms with Crippen LogP contribution in [0.4, 0.5) is 0 Å². The summed E-state index contributed by atoms with van der Waals surface area (Å²) in [6.07, 6.45) is 10.8. The van der Waals surface area contributed by atoms with E-state index in [1.165, 1.54) is 44.9 Å². The van der Waals surface area contributed by atoms with Gasteiger partial charge in [-0.05, 0) is 12.0 Å². The first-order chi connectivity index (χ1) is 9.77. The molecule has 0 unspecified atom stereocenters. The Morgan fingerprint density at radius 2 is 1.45 bits per heavy atom. The summed E-state index contributed by atoms with van der Waals surface area (Å²) in [6, 6.07) is 7.69. The molecule has 2 heteroatoms. The van der Waals surface area contributed by atoms with Crippen molar-refractivity contribution >= 4 is 5.78 Å². The van der Waals surface area contributed by atoms with Gasteiger partial charge in [-0.2, -0.15) is 0 Å². The maximum atomic E-state index is 12.0. The van der Waals surface area contributed by atoms with Crippen LogP contribution >= 0.6 is 0 Å². The molecule has 2 nitrogen and oxygen atoms in total. The maximum Gasteiger partial charge on any atom is 0.162 e. The molecule has 1 aromatic rings. The molecule has 0 aliphatic heterocycles. The lowest BCUT2D eigenvalue weighted by Crippen LogP contribution is -2.01. The minimum atomic E-state index is 0.263. The Hall–Kier alpha value is -1.15. The van der Waals surface area contributed by atoms with E-state index in [9.17, 15) is 4.79 Å². The standard InChI is InChI=1S/C18H29NO/c1-2-3-4-5-6-7-8-9-10-18(20)17-13-11-16(15-19)12-14-17/h11-14H,2-10,15,19H2,1H3. The summed E-state index contributed by atoms with van der Waals surface area (Å²) in [6.45, 7) is 2.78. The zero-order chi connectivity index (χ0) is 14.6. The van der Waals surface area contributed by atoms with E-state index < -0.39 is 0 Å². The van der Waals surface area contributed by atoms with Gasteiger partial charge in [-0.3, -0.25) is 4.79 Å². The lowest BCUT2D eigenvalue weighted by molar-refractivity contribution is 0.0979. The van der Waals surface area contributed by atoms with Crippen molar-refractivity contribution in [2.45, 2.75) is 71.3 Å². The van der Waals surface area contributed by atoms with Crippen molar-refractivity contribution < 1.29 is 4.79 Å². The highest BCUT2D eigenvalue weighted by atomic mass is 16.1. The number of ketones is 1. The number of hydrogen-bond donors (Lipinski definition) is 1. The molecule has 112 valence electrons. The average Bonchev–Trinajstić information content (AvgIpc) is 2.50. The van der Waals surface area contributed by atoms with E-state index in [0.717, 1.165) is 17.5 Å². The molecular formula is C18H29NO. The van der Waals surface area contributed by atoms with Crippen LogP contribution in [0.3, 0.4) is 0 Å². The van der Waals surface area contributed by atoms with E-state index in [1.807, 2.05) is 24.3 Å². The van der Waals surface area contributed by atoms with Crippen LogP contribution in [-0.4, -0.2) is 5.78 Å². The van der Waals surface area contributed by atoms with E-state index in [2.05, 4.69) is 6.92 Å². The number of carbonyl (C=O) groups excluding carboxylic acids is 1. The van der Waals surface area contributed by atoms with Crippen LogP contribution in [-0.2, 0) is 6.54 Å². The topological polar surface area (TPSA) is 43.1 Å². The van der Waals surface area contributed by atoms with Crippen LogP contribution in [0.5, 0.6) is 0 Å².